The highest BCUT2D eigenvalue weighted by Gasteiger charge is 2.05. The van der Waals surface area contributed by atoms with Gasteiger partial charge in [-0.25, -0.2) is 4.39 Å². The van der Waals surface area contributed by atoms with Crippen molar-refractivity contribution in [3.8, 4) is 0 Å². The SMILES string of the molecule is CCCNC(C)CCc1cc(Br)ccc1F. The van der Waals surface area contributed by atoms with Crippen LogP contribution in [0, 0.1) is 5.82 Å². The molecule has 0 radical (unpaired) electrons. The third-order valence-corrected chi connectivity index (χ3v) is 3.09. The van der Waals surface area contributed by atoms with Crippen LogP contribution in [0.3, 0.4) is 0 Å². The molecule has 0 saturated heterocycles. The Bertz CT molecular complexity index is 328. The fourth-order valence-electron chi connectivity index (χ4n) is 1.60. The topological polar surface area (TPSA) is 12.0 Å². The van der Waals surface area contributed by atoms with Crippen LogP contribution in [-0.2, 0) is 6.42 Å². The van der Waals surface area contributed by atoms with Crippen LogP contribution in [0.4, 0.5) is 4.39 Å². The van der Waals surface area contributed by atoms with Crippen LogP contribution >= 0.6 is 15.9 Å². The van der Waals surface area contributed by atoms with E-state index < -0.39 is 0 Å². The standard InChI is InChI=1S/C13H19BrFN/c1-3-8-16-10(2)4-5-11-9-12(14)6-7-13(11)15/h6-7,9-10,16H,3-5,8H2,1-2H3. The molecule has 0 aliphatic heterocycles. The fraction of sp³-hybridized carbons (Fsp3) is 0.538. The molecule has 1 nitrogen and oxygen atoms in total. The van der Waals surface area contributed by atoms with Crippen LogP contribution < -0.4 is 5.32 Å². The lowest BCUT2D eigenvalue weighted by Gasteiger charge is -2.13. The third kappa shape index (κ3) is 4.62. The van der Waals surface area contributed by atoms with Gasteiger partial charge < -0.3 is 5.32 Å². The minimum atomic E-state index is -0.106. The first kappa shape index (κ1) is 13.7. The van der Waals surface area contributed by atoms with Gasteiger partial charge in [-0.1, -0.05) is 22.9 Å². The molecule has 0 aliphatic rings. The number of aryl methyl sites for hydroxylation is 1. The molecule has 0 bridgehead atoms. The third-order valence-electron chi connectivity index (χ3n) is 2.60. The van der Waals surface area contributed by atoms with E-state index in [2.05, 4.69) is 35.1 Å². The molecule has 16 heavy (non-hydrogen) atoms. The van der Waals surface area contributed by atoms with Gasteiger partial charge in [-0.3, -0.25) is 0 Å². The molecule has 1 aromatic carbocycles. The van der Waals surface area contributed by atoms with Gasteiger partial charge >= 0.3 is 0 Å². The molecule has 1 rings (SSSR count). The van der Waals surface area contributed by atoms with E-state index >= 15 is 0 Å². The van der Waals surface area contributed by atoms with Crippen LogP contribution in [0.5, 0.6) is 0 Å². The van der Waals surface area contributed by atoms with Crippen molar-refractivity contribution in [2.45, 2.75) is 39.2 Å². The number of nitrogens with one attached hydrogen (secondary N) is 1. The summed E-state index contributed by atoms with van der Waals surface area (Å²) < 4.78 is 14.4. The molecule has 1 N–H and O–H groups in total. The highest BCUT2D eigenvalue weighted by molar-refractivity contribution is 9.10. The first-order chi connectivity index (χ1) is 7.63. The smallest absolute Gasteiger partial charge is 0.126 e. The molecule has 0 aromatic heterocycles. The summed E-state index contributed by atoms with van der Waals surface area (Å²) in [5, 5.41) is 3.40. The Kier molecular flexibility index (Phi) is 5.99. The van der Waals surface area contributed by atoms with Gasteiger partial charge in [0.05, 0.1) is 0 Å². The summed E-state index contributed by atoms with van der Waals surface area (Å²) in [6.07, 6.45) is 2.88. The highest BCUT2D eigenvalue weighted by Crippen LogP contribution is 2.17. The summed E-state index contributed by atoms with van der Waals surface area (Å²) in [6, 6.07) is 5.56. The maximum atomic E-state index is 13.4. The summed E-state index contributed by atoms with van der Waals surface area (Å²) in [7, 11) is 0. The van der Waals surface area contributed by atoms with Crippen molar-refractivity contribution >= 4 is 15.9 Å². The summed E-state index contributed by atoms with van der Waals surface area (Å²) >= 11 is 3.36. The van der Waals surface area contributed by atoms with Crippen molar-refractivity contribution in [2.24, 2.45) is 0 Å². The second-order valence-electron chi connectivity index (χ2n) is 4.13. The Morgan fingerprint density at radius 1 is 1.44 bits per heavy atom. The van der Waals surface area contributed by atoms with Crippen LogP contribution in [0.25, 0.3) is 0 Å². The average Bonchev–Trinajstić information content (AvgIpc) is 2.27. The lowest BCUT2D eigenvalue weighted by molar-refractivity contribution is 0.506. The van der Waals surface area contributed by atoms with E-state index in [0.29, 0.717) is 6.04 Å². The van der Waals surface area contributed by atoms with Gasteiger partial charge in [0.15, 0.2) is 0 Å². The molecular weight excluding hydrogens is 269 g/mol. The van der Waals surface area contributed by atoms with E-state index in [1.54, 1.807) is 6.07 Å². The van der Waals surface area contributed by atoms with E-state index in [0.717, 1.165) is 35.8 Å². The first-order valence-corrected chi connectivity index (χ1v) is 6.60. The molecule has 1 aromatic rings. The second-order valence-corrected chi connectivity index (χ2v) is 5.05. The largest absolute Gasteiger partial charge is 0.314 e. The summed E-state index contributed by atoms with van der Waals surface area (Å²) in [5.41, 5.74) is 0.791. The molecule has 3 heteroatoms. The number of rotatable bonds is 6. The van der Waals surface area contributed by atoms with Gasteiger partial charge in [-0.15, -0.1) is 0 Å². The van der Waals surface area contributed by atoms with Gasteiger partial charge in [-0.05, 0) is 56.5 Å². The minimum absolute atomic E-state index is 0.106. The highest BCUT2D eigenvalue weighted by atomic mass is 79.9. The summed E-state index contributed by atoms with van der Waals surface area (Å²) in [4.78, 5) is 0. The lowest BCUT2D eigenvalue weighted by atomic mass is 10.1. The average molecular weight is 288 g/mol. The molecule has 1 unspecified atom stereocenters. The van der Waals surface area contributed by atoms with Crippen molar-refractivity contribution < 1.29 is 4.39 Å². The van der Waals surface area contributed by atoms with Crippen molar-refractivity contribution in [3.63, 3.8) is 0 Å². The molecule has 0 saturated carbocycles. The number of hydrogen-bond donors (Lipinski definition) is 1. The van der Waals surface area contributed by atoms with E-state index in [9.17, 15) is 4.39 Å². The number of benzene rings is 1. The number of hydrogen-bond acceptors (Lipinski definition) is 1. The van der Waals surface area contributed by atoms with E-state index in [-0.39, 0.29) is 5.82 Å². The first-order valence-electron chi connectivity index (χ1n) is 5.80. The molecule has 0 aliphatic carbocycles. The van der Waals surface area contributed by atoms with Crippen LogP contribution in [0.15, 0.2) is 22.7 Å². The molecule has 1 atom stereocenters. The van der Waals surface area contributed by atoms with E-state index in [4.69, 9.17) is 0 Å². The van der Waals surface area contributed by atoms with E-state index in [1.807, 2.05) is 6.07 Å². The Labute approximate surface area is 106 Å². The maximum Gasteiger partial charge on any atom is 0.126 e. The predicted octanol–water partition coefficient (Wildman–Crippen LogP) is 3.91. The molecule has 0 amide bonds. The fourth-order valence-corrected chi connectivity index (χ4v) is 2.01. The monoisotopic (exact) mass is 287 g/mol. The Hall–Kier alpha value is -0.410. The summed E-state index contributed by atoms with van der Waals surface area (Å²) in [6.45, 7) is 5.32. The van der Waals surface area contributed by atoms with Gasteiger partial charge in [0.1, 0.15) is 5.82 Å². The van der Waals surface area contributed by atoms with Crippen LogP contribution in [0.2, 0.25) is 0 Å². The predicted molar refractivity (Wildman–Crippen MR) is 70.2 cm³/mol. The quantitative estimate of drug-likeness (QED) is 0.837. The zero-order chi connectivity index (χ0) is 12.0. The molecule has 90 valence electrons. The second kappa shape index (κ2) is 7.02. The Morgan fingerprint density at radius 2 is 2.19 bits per heavy atom. The molecule has 0 heterocycles. The van der Waals surface area contributed by atoms with Crippen LogP contribution in [-0.4, -0.2) is 12.6 Å². The minimum Gasteiger partial charge on any atom is -0.314 e. The van der Waals surface area contributed by atoms with E-state index in [1.165, 1.54) is 6.07 Å². The van der Waals surface area contributed by atoms with Crippen molar-refractivity contribution in [3.05, 3.63) is 34.1 Å². The summed E-state index contributed by atoms with van der Waals surface area (Å²) in [5.74, 6) is -0.106. The van der Waals surface area contributed by atoms with Crippen LogP contribution in [0.1, 0.15) is 32.3 Å². The van der Waals surface area contributed by atoms with Crippen molar-refractivity contribution in [1.29, 1.82) is 0 Å². The zero-order valence-electron chi connectivity index (χ0n) is 9.89. The Balaban J connectivity index is 2.44. The lowest BCUT2D eigenvalue weighted by Crippen LogP contribution is -2.27. The molecule has 0 fully saturated rings. The Morgan fingerprint density at radius 3 is 2.88 bits per heavy atom. The molecular formula is C13H19BrFN. The van der Waals surface area contributed by atoms with Crippen molar-refractivity contribution in [1.82, 2.24) is 5.32 Å². The number of halogens is 2. The van der Waals surface area contributed by atoms with Gasteiger partial charge in [0.25, 0.3) is 0 Å². The van der Waals surface area contributed by atoms with Crippen molar-refractivity contribution in [2.75, 3.05) is 6.54 Å². The molecule has 0 spiro atoms. The van der Waals surface area contributed by atoms with Gasteiger partial charge in [0.2, 0.25) is 0 Å². The van der Waals surface area contributed by atoms with Gasteiger partial charge in [0, 0.05) is 10.5 Å². The maximum absolute atomic E-state index is 13.4. The zero-order valence-corrected chi connectivity index (χ0v) is 11.5. The normalized spacial score (nSPS) is 12.8. The van der Waals surface area contributed by atoms with Gasteiger partial charge in [-0.2, -0.15) is 0 Å².